The van der Waals surface area contributed by atoms with Gasteiger partial charge in [0.25, 0.3) is 0 Å². The summed E-state index contributed by atoms with van der Waals surface area (Å²) < 4.78 is 41.0. The van der Waals surface area contributed by atoms with Crippen LogP contribution >= 0.6 is 11.8 Å². The summed E-state index contributed by atoms with van der Waals surface area (Å²) in [4.78, 5) is 0.612. The first-order valence-corrected chi connectivity index (χ1v) is 8.63. The third-order valence-electron chi connectivity index (χ3n) is 2.60. The van der Waals surface area contributed by atoms with Crippen LogP contribution in [-0.2, 0) is 10.0 Å². The van der Waals surface area contributed by atoms with E-state index in [9.17, 15) is 12.8 Å². The normalized spacial score (nSPS) is 11.3. The molecular weight excluding hydrogens is 313 g/mol. The van der Waals surface area contributed by atoms with Crippen molar-refractivity contribution in [2.24, 2.45) is 5.14 Å². The Morgan fingerprint density at radius 3 is 2.38 bits per heavy atom. The predicted molar refractivity (Wildman–Crippen MR) is 80.4 cm³/mol. The minimum absolute atomic E-state index is 0.0376. The van der Waals surface area contributed by atoms with Gasteiger partial charge in [-0.05, 0) is 36.4 Å². The lowest BCUT2D eigenvalue weighted by molar-refractivity contribution is 0.343. The summed E-state index contributed by atoms with van der Waals surface area (Å²) in [5.41, 5.74) is 0. The summed E-state index contributed by atoms with van der Waals surface area (Å²) >= 11 is 1.36. The van der Waals surface area contributed by atoms with Gasteiger partial charge in [0.2, 0.25) is 10.0 Å². The Balaban J connectivity index is 1.83. The molecule has 0 heterocycles. The number of halogens is 1. The van der Waals surface area contributed by atoms with Crippen LogP contribution in [0.15, 0.2) is 58.3 Å². The fourth-order valence-corrected chi connectivity index (χ4v) is 2.88. The van der Waals surface area contributed by atoms with E-state index in [1.165, 1.54) is 42.1 Å². The van der Waals surface area contributed by atoms with Gasteiger partial charge in [-0.15, -0.1) is 11.8 Å². The molecule has 0 radical (unpaired) electrons. The van der Waals surface area contributed by atoms with Crippen LogP contribution in [0, 0.1) is 5.82 Å². The number of rotatable bonds is 6. The third kappa shape index (κ3) is 4.73. The van der Waals surface area contributed by atoms with Crippen molar-refractivity contribution in [3.8, 4) is 5.75 Å². The van der Waals surface area contributed by atoms with Crippen LogP contribution in [0.1, 0.15) is 0 Å². The van der Waals surface area contributed by atoms with E-state index in [0.29, 0.717) is 23.0 Å². The van der Waals surface area contributed by atoms with Gasteiger partial charge in [-0.2, -0.15) is 0 Å². The molecular formula is C14H14FNO3S2. The molecule has 4 nitrogen and oxygen atoms in total. The zero-order chi connectivity index (χ0) is 15.3. The number of hydrogen-bond acceptors (Lipinski definition) is 4. The molecule has 0 spiro atoms. The summed E-state index contributed by atoms with van der Waals surface area (Å²) in [6.45, 7) is 0.383. The largest absolute Gasteiger partial charge is 0.493 e. The molecule has 0 unspecified atom stereocenters. The molecule has 2 aromatic carbocycles. The zero-order valence-electron chi connectivity index (χ0n) is 11.0. The highest BCUT2D eigenvalue weighted by molar-refractivity contribution is 7.99. The molecule has 0 fully saturated rings. The molecule has 0 aliphatic heterocycles. The van der Waals surface area contributed by atoms with E-state index < -0.39 is 10.0 Å². The van der Waals surface area contributed by atoms with Crippen LogP contribution in [0.4, 0.5) is 4.39 Å². The molecule has 2 rings (SSSR count). The van der Waals surface area contributed by atoms with Crippen molar-refractivity contribution >= 4 is 21.8 Å². The lowest BCUT2D eigenvalue weighted by Crippen LogP contribution is -2.11. The molecule has 7 heteroatoms. The van der Waals surface area contributed by atoms with E-state index in [1.54, 1.807) is 18.2 Å². The van der Waals surface area contributed by atoms with Crippen molar-refractivity contribution < 1.29 is 17.5 Å². The van der Waals surface area contributed by atoms with Gasteiger partial charge in [0.15, 0.2) is 0 Å². The molecule has 0 aliphatic carbocycles. The van der Waals surface area contributed by atoms with Crippen molar-refractivity contribution in [1.29, 1.82) is 0 Å². The number of hydrogen-bond donors (Lipinski definition) is 1. The van der Waals surface area contributed by atoms with Gasteiger partial charge in [0.05, 0.1) is 11.5 Å². The Bertz CT molecular complexity index is 702. The molecule has 0 aromatic heterocycles. The SMILES string of the molecule is NS(=O)(=O)c1ccc(OCCSc2ccccc2F)cc1. The quantitative estimate of drug-likeness (QED) is 0.654. The fraction of sp³-hybridized carbons (Fsp3) is 0.143. The van der Waals surface area contributed by atoms with Crippen molar-refractivity contribution in [2.75, 3.05) is 12.4 Å². The Hall–Kier alpha value is -1.57. The van der Waals surface area contributed by atoms with Crippen molar-refractivity contribution in [2.45, 2.75) is 9.79 Å². The first-order chi connectivity index (χ1) is 9.97. The monoisotopic (exact) mass is 327 g/mol. The van der Waals surface area contributed by atoms with Crippen LogP contribution in [0.2, 0.25) is 0 Å². The average molecular weight is 327 g/mol. The number of primary sulfonamides is 1. The summed E-state index contributed by atoms with van der Waals surface area (Å²) in [6.07, 6.45) is 0. The topological polar surface area (TPSA) is 69.4 Å². The minimum atomic E-state index is -3.69. The maximum absolute atomic E-state index is 13.4. The second-order valence-electron chi connectivity index (χ2n) is 4.14. The number of thioether (sulfide) groups is 1. The zero-order valence-corrected chi connectivity index (χ0v) is 12.7. The van der Waals surface area contributed by atoms with Crippen molar-refractivity contribution in [3.05, 3.63) is 54.3 Å². The third-order valence-corrected chi connectivity index (χ3v) is 4.54. The van der Waals surface area contributed by atoms with Gasteiger partial charge in [-0.1, -0.05) is 12.1 Å². The first kappa shape index (κ1) is 15.8. The van der Waals surface area contributed by atoms with Gasteiger partial charge in [-0.3, -0.25) is 0 Å². The maximum Gasteiger partial charge on any atom is 0.238 e. The van der Waals surface area contributed by atoms with Crippen LogP contribution in [0.3, 0.4) is 0 Å². The smallest absolute Gasteiger partial charge is 0.238 e. The number of nitrogens with two attached hydrogens (primary N) is 1. The summed E-state index contributed by atoms with van der Waals surface area (Å²) in [5.74, 6) is 0.870. The Kier molecular flexibility index (Phi) is 5.22. The molecule has 0 amide bonds. The van der Waals surface area contributed by atoms with E-state index >= 15 is 0 Å². The van der Waals surface area contributed by atoms with E-state index in [-0.39, 0.29) is 10.7 Å². The van der Waals surface area contributed by atoms with E-state index in [4.69, 9.17) is 9.88 Å². The molecule has 0 bridgehead atoms. The van der Waals surface area contributed by atoms with Gasteiger partial charge in [-0.25, -0.2) is 17.9 Å². The summed E-state index contributed by atoms with van der Waals surface area (Å²) in [6, 6.07) is 12.4. The average Bonchev–Trinajstić information content (AvgIpc) is 2.45. The van der Waals surface area contributed by atoms with Gasteiger partial charge in [0.1, 0.15) is 11.6 Å². The predicted octanol–water partition coefficient (Wildman–Crippen LogP) is 2.64. The minimum Gasteiger partial charge on any atom is -0.493 e. The van der Waals surface area contributed by atoms with Crippen molar-refractivity contribution in [1.82, 2.24) is 0 Å². The van der Waals surface area contributed by atoms with Crippen LogP contribution in [0.5, 0.6) is 5.75 Å². The maximum atomic E-state index is 13.4. The lowest BCUT2D eigenvalue weighted by Gasteiger charge is -2.07. The molecule has 2 aromatic rings. The first-order valence-electron chi connectivity index (χ1n) is 6.10. The molecule has 0 aliphatic rings. The van der Waals surface area contributed by atoms with Crippen LogP contribution in [0.25, 0.3) is 0 Å². The molecule has 0 saturated heterocycles. The Morgan fingerprint density at radius 1 is 1.10 bits per heavy atom. The molecule has 0 atom stereocenters. The van der Waals surface area contributed by atoms with E-state index in [1.807, 2.05) is 0 Å². The lowest BCUT2D eigenvalue weighted by atomic mass is 10.3. The second kappa shape index (κ2) is 6.93. The highest BCUT2D eigenvalue weighted by Gasteiger charge is 2.07. The standard InChI is InChI=1S/C14H14FNO3S2/c15-13-3-1-2-4-14(13)20-10-9-19-11-5-7-12(8-6-11)21(16,17)18/h1-8H,9-10H2,(H2,16,17,18). The number of sulfonamides is 1. The second-order valence-corrected chi connectivity index (χ2v) is 6.84. The molecule has 2 N–H and O–H groups in total. The fourth-order valence-electron chi connectivity index (χ4n) is 1.60. The van der Waals surface area contributed by atoms with Crippen LogP contribution < -0.4 is 9.88 Å². The van der Waals surface area contributed by atoms with E-state index in [0.717, 1.165) is 0 Å². The highest BCUT2D eigenvalue weighted by atomic mass is 32.2. The molecule has 0 saturated carbocycles. The van der Waals surface area contributed by atoms with Gasteiger partial charge < -0.3 is 4.74 Å². The molecule has 112 valence electrons. The summed E-state index contributed by atoms with van der Waals surface area (Å²) in [7, 11) is -3.69. The number of ether oxygens (including phenoxy) is 1. The van der Waals surface area contributed by atoms with E-state index in [2.05, 4.69) is 0 Å². The number of benzene rings is 2. The Morgan fingerprint density at radius 2 is 1.76 bits per heavy atom. The summed E-state index contributed by atoms with van der Waals surface area (Å²) in [5, 5.41) is 5.00. The van der Waals surface area contributed by atoms with Gasteiger partial charge in [0, 0.05) is 10.6 Å². The van der Waals surface area contributed by atoms with Crippen LogP contribution in [-0.4, -0.2) is 20.8 Å². The van der Waals surface area contributed by atoms with Crippen molar-refractivity contribution in [3.63, 3.8) is 0 Å². The van der Waals surface area contributed by atoms with Gasteiger partial charge >= 0.3 is 0 Å². The molecule has 21 heavy (non-hydrogen) atoms. The highest BCUT2D eigenvalue weighted by Crippen LogP contribution is 2.21. The Labute approximate surface area is 127 Å².